The molecule has 0 radical (unpaired) electrons. The minimum Gasteiger partial charge on any atom is -0.480 e. The molecule has 0 bridgehead atoms. The standard InChI is InChI=1S/C10H16N2O6/c13-8(5-18-6-9(14)15)12-10(16)11-7-1-3-17-4-2-7/h7H,1-6H2,(H,14,15)(H2,11,12,13,16). The second kappa shape index (κ2) is 7.62. The first-order valence-corrected chi connectivity index (χ1v) is 5.55. The molecule has 1 aliphatic rings. The zero-order valence-electron chi connectivity index (χ0n) is 9.81. The Kier molecular flexibility index (Phi) is 6.09. The normalized spacial score (nSPS) is 16.0. The van der Waals surface area contributed by atoms with Crippen molar-refractivity contribution >= 4 is 17.9 Å². The van der Waals surface area contributed by atoms with E-state index in [1.807, 2.05) is 0 Å². The number of amides is 3. The number of hydrogen-bond donors (Lipinski definition) is 3. The number of hydrogen-bond acceptors (Lipinski definition) is 5. The minimum absolute atomic E-state index is 0.00788. The molecule has 0 unspecified atom stereocenters. The Labute approximate surface area is 104 Å². The number of rotatable bonds is 5. The van der Waals surface area contributed by atoms with E-state index in [1.165, 1.54) is 0 Å². The molecule has 0 aromatic carbocycles. The summed E-state index contributed by atoms with van der Waals surface area (Å²) in [5, 5.41) is 13.0. The third-order valence-corrected chi connectivity index (χ3v) is 2.27. The summed E-state index contributed by atoms with van der Waals surface area (Å²) in [6.07, 6.45) is 1.41. The van der Waals surface area contributed by atoms with E-state index in [2.05, 4.69) is 15.4 Å². The molecule has 8 nitrogen and oxygen atoms in total. The molecule has 1 heterocycles. The van der Waals surface area contributed by atoms with E-state index < -0.39 is 31.1 Å². The van der Waals surface area contributed by atoms with Gasteiger partial charge in [0.25, 0.3) is 5.91 Å². The number of nitrogens with one attached hydrogen (secondary N) is 2. The molecule has 0 aromatic heterocycles. The molecule has 0 aromatic rings. The molecule has 1 fully saturated rings. The lowest BCUT2D eigenvalue weighted by molar-refractivity contribution is -0.143. The minimum atomic E-state index is -1.17. The molecule has 0 atom stereocenters. The van der Waals surface area contributed by atoms with Gasteiger partial charge in [-0.15, -0.1) is 0 Å². The van der Waals surface area contributed by atoms with Crippen LogP contribution in [-0.4, -0.2) is 55.5 Å². The molecular weight excluding hydrogens is 244 g/mol. The molecule has 1 aliphatic heterocycles. The Hall–Kier alpha value is -1.67. The van der Waals surface area contributed by atoms with Gasteiger partial charge in [0.05, 0.1) is 0 Å². The number of aliphatic carboxylic acids is 1. The van der Waals surface area contributed by atoms with Gasteiger partial charge in [-0.25, -0.2) is 9.59 Å². The summed E-state index contributed by atoms with van der Waals surface area (Å²) >= 11 is 0. The Morgan fingerprint density at radius 3 is 2.50 bits per heavy atom. The average Bonchev–Trinajstić information content (AvgIpc) is 2.29. The highest BCUT2D eigenvalue weighted by atomic mass is 16.5. The van der Waals surface area contributed by atoms with Crippen molar-refractivity contribution in [3.8, 4) is 0 Å². The lowest BCUT2D eigenvalue weighted by Crippen LogP contribution is -2.47. The fourth-order valence-corrected chi connectivity index (χ4v) is 1.46. The molecule has 102 valence electrons. The highest BCUT2D eigenvalue weighted by Crippen LogP contribution is 2.05. The summed E-state index contributed by atoms with van der Waals surface area (Å²) in [5.41, 5.74) is 0. The molecule has 3 N–H and O–H groups in total. The highest BCUT2D eigenvalue weighted by Gasteiger charge is 2.17. The third-order valence-electron chi connectivity index (χ3n) is 2.27. The van der Waals surface area contributed by atoms with Crippen LogP contribution in [0.2, 0.25) is 0 Å². The second-order valence-electron chi connectivity index (χ2n) is 3.79. The van der Waals surface area contributed by atoms with E-state index >= 15 is 0 Å². The van der Waals surface area contributed by atoms with Crippen LogP contribution in [0.1, 0.15) is 12.8 Å². The number of carboxylic acids is 1. The van der Waals surface area contributed by atoms with Gasteiger partial charge in [-0.05, 0) is 12.8 Å². The van der Waals surface area contributed by atoms with Crippen LogP contribution in [0.15, 0.2) is 0 Å². The van der Waals surface area contributed by atoms with Gasteiger partial charge >= 0.3 is 12.0 Å². The highest BCUT2D eigenvalue weighted by molar-refractivity contribution is 5.95. The van der Waals surface area contributed by atoms with Crippen LogP contribution in [0.5, 0.6) is 0 Å². The van der Waals surface area contributed by atoms with Crippen molar-refractivity contribution < 1.29 is 29.0 Å². The fourth-order valence-electron chi connectivity index (χ4n) is 1.46. The third kappa shape index (κ3) is 6.16. The largest absolute Gasteiger partial charge is 0.480 e. The molecule has 1 saturated heterocycles. The zero-order valence-corrected chi connectivity index (χ0v) is 9.81. The van der Waals surface area contributed by atoms with Gasteiger partial charge in [-0.3, -0.25) is 10.1 Å². The van der Waals surface area contributed by atoms with Crippen LogP contribution in [-0.2, 0) is 19.1 Å². The van der Waals surface area contributed by atoms with E-state index in [0.717, 1.165) is 0 Å². The average molecular weight is 260 g/mol. The smallest absolute Gasteiger partial charge is 0.329 e. The van der Waals surface area contributed by atoms with Crippen molar-refractivity contribution in [3.63, 3.8) is 0 Å². The van der Waals surface area contributed by atoms with Gasteiger partial charge in [0.1, 0.15) is 13.2 Å². The molecule has 1 rings (SSSR count). The maximum absolute atomic E-state index is 11.4. The number of urea groups is 1. The topological polar surface area (TPSA) is 114 Å². The van der Waals surface area contributed by atoms with Crippen molar-refractivity contribution in [3.05, 3.63) is 0 Å². The van der Waals surface area contributed by atoms with Gasteiger partial charge in [0.2, 0.25) is 0 Å². The first kappa shape index (κ1) is 14.4. The fraction of sp³-hybridized carbons (Fsp3) is 0.700. The number of carbonyl (C=O) groups excluding carboxylic acids is 2. The van der Waals surface area contributed by atoms with Gasteiger partial charge < -0.3 is 19.9 Å². The predicted molar refractivity (Wildman–Crippen MR) is 59.0 cm³/mol. The molecule has 0 saturated carbocycles. The van der Waals surface area contributed by atoms with Crippen molar-refractivity contribution in [1.82, 2.24) is 10.6 Å². The molecule has 0 spiro atoms. The quantitative estimate of drug-likeness (QED) is 0.590. The molecular formula is C10H16N2O6. The van der Waals surface area contributed by atoms with Crippen LogP contribution in [0.25, 0.3) is 0 Å². The van der Waals surface area contributed by atoms with Crippen molar-refractivity contribution in [2.75, 3.05) is 26.4 Å². The number of ether oxygens (including phenoxy) is 2. The van der Waals surface area contributed by atoms with Crippen molar-refractivity contribution in [2.45, 2.75) is 18.9 Å². The van der Waals surface area contributed by atoms with E-state index in [9.17, 15) is 14.4 Å². The summed E-state index contributed by atoms with van der Waals surface area (Å²) < 4.78 is 9.66. The predicted octanol–water partition coefficient (Wildman–Crippen LogP) is -0.908. The molecule has 3 amide bonds. The molecule has 0 aliphatic carbocycles. The van der Waals surface area contributed by atoms with Crippen LogP contribution >= 0.6 is 0 Å². The lowest BCUT2D eigenvalue weighted by atomic mass is 10.1. The number of imide groups is 1. The summed E-state index contributed by atoms with van der Waals surface area (Å²) in [6.45, 7) is 0.129. The summed E-state index contributed by atoms with van der Waals surface area (Å²) in [4.78, 5) is 32.6. The first-order chi connectivity index (χ1) is 8.58. The summed E-state index contributed by atoms with van der Waals surface area (Å²) in [5.74, 6) is -1.85. The lowest BCUT2D eigenvalue weighted by Gasteiger charge is -2.22. The maximum Gasteiger partial charge on any atom is 0.329 e. The van der Waals surface area contributed by atoms with E-state index in [4.69, 9.17) is 9.84 Å². The number of carboxylic acid groups (broad SMARTS) is 1. The van der Waals surface area contributed by atoms with Crippen molar-refractivity contribution in [1.29, 1.82) is 0 Å². The number of carbonyl (C=O) groups is 3. The Morgan fingerprint density at radius 1 is 1.22 bits per heavy atom. The van der Waals surface area contributed by atoms with Gasteiger partial charge in [0, 0.05) is 19.3 Å². The molecule has 18 heavy (non-hydrogen) atoms. The van der Waals surface area contributed by atoms with E-state index in [1.54, 1.807) is 0 Å². The first-order valence-electron chi connectivity index (χ1n) is 5.55. The van der Waals surface area contributed by atoms with E-state index in [-0.39, 0.29) is 6.04 Å². The van der Waals surface area contributed by atoms with Crippen LogP contribution in [0.3, 0.4) is 0 Å². The second-order valence-corrected chi connectivity index (χ2v) is 3.79. The van der Waals surface area contributed by atoms with E-state index in [0.29, 0.717) is 26.1 Å². The monoisotopic (exact) mass is 260 g/mol. The van der Waals surface area contributed by atoms with Gasteiger partial charge in [-0.1, -0.05) is 0 Å². The van der Waals surface area contributed by atoms with Crippen LogP contribution in [0.4, 0.5) is 4.79 Å². The van der Waals surface area contributed by atoms with Gasteiger partial charge in [0.15, 0.2) is 0 Å². The van der Waals surface area contributed by atoms with Crippen LogP contribution in [0, 0.1) is 0 Å². The Morgan fingerprint density at radius 2 is 1.89 bits per heavy atom. The molecule has 8 heteroatoms. The Bertz CT molecular complexity index is 313. The van der Waals surface area contributed by atoms with Crippen LogP contribution < -0.4 is 10.6 Å². The summed E-state index contributed by atoms with van der Waals surface area (Å²) in [7, 11) is 0. The van der Waals surface area contributed by atoms with Gasteiger partial charge in [-0.2, -0.15) is 0 Å². The maximum atomic E-state index is 11.4. The SMILES string of the molecule is O=C(O)COCC(=O)NC(=O)NC1CCOCC1. The van der Waals surface area contributed by atoms with Crippen molar-refractivity contribution in [2.24, 2.45) is 0 Å². The summed E-state index contributed by atoms with van der Waals surface area (Å²) in [6, 6.07) is -0.614. The Balaban J connectivity index is 2.14. The zero-order chi connectivity index (χ0) is 13.4.